The lowest BCUT2D eigenvalue weighted by Crippen LogP contribution is -2.61. The summed E-state index contributed by atoms with van der Waals surface area (Å²) in [6.07, 6.45) is 2.50. The summed E-state index contributed by atoms with van der Waals surface area (Å²) in [5.41, 5.74) is 1.00. The van der Waals surface area contributed by atoms with Gasteiger partial charge in [-0.1, -0.05) is 20.8 Å². The number of hydrogen-bond acceptors (Lipinski definition) is 4. The van der Waals surface area contributed by atoms with Crippen LogP contribution in [-0.2, 0) is 4.74 Å². The fourth-order valence-electron chi connectivity index (χ4n) is 3.40. The molecule has 5 heteroatoms. The van der Waals surface area contributed by atoms with Crippen LogP contribution in [0.4, 0.5) is 0 Å². The van der Waals surface area contributed by atoms with Crippen molar-refractivity contribution in [2.75, 3.05) is 6.61 Å². The number of amides is 1. The van der Waals surface area contributed by atoms with E-state index in [0.29, 0.717) is 28.9 Å². The molecular formula is C15H22N2O2S. The van der Waals surface area contributed by atoms with Crippen LogP contribution in [0.25, 0.3) is 0 Å². The average Bonchev–Trinajstić information content (AvgIpc) is 3.03. The number of ether oxygens (including phenoxy) is 1. The number of carbonyl (C=O) groups excluding carboxylic acids is 1. The van der Waals surface area contributed by atoms with E-state index < -0.39 is 0 Å². The Morgan fingerprint density at radius 3 is 3.05 bits per heavy atom. The number of hydrogen-bond donors (Lipinski definition) is 1. The maximum atomic E-state index is 12.3. The zero-order valence-electron chi connectivity index (χ0n) is 12.3. The van der Waals surface area contributed by atoms with E-state index in [1.54, 1.807) is 0 Å². The second-order valence-electron chi connectivity index (χ2n) is 6.09. The summed E-state index contributed by atoms with van der Waals surface area (Å²) in [7, 11) is 0. The second kappa shape index (κ2) is 5.45. The number of nitrogens with one attached hydrogen (secondary N) is 1. The maximum Gasteiger partial charge on any atom is 0.280 e. The van der Waals surface area contributed by atoms with Gasteiger partial charge in [-0.05, 0) is 18.8 Å². The van der Waals surface area contributed by atoms with Gasteiger partial charge in [0.25, 0.3) is 5.91 Å². The molecule has 2 aliphatic rings. The first kappa shape index (κ1) is 14.0. The number of thiazole rings is 1. The topological polar surface area (TPSA) is 51.2 Å². The zero-order chi connectivity index (χ0) is 14.3. The van der Waals surface area contributed by atoms with E-state index in [2.05, 4.69) is 31.1 Å². The standard InChI is InChI=1S/C15H22N2O2S/c1-4-9-12(10-5-6-19-13(9)10)17-14(18)15-16-11(7-20-15)8(2)3/h7-10,12-13H,4-6H2,1-3H3,(H,17,18)/t9-,10+,12-,13-/m1/s1. The minimum atomic E-state index is -0.0179. The molecule has 1 aliphatic heterocycles. The van der Waals surface area contributed by atoms with Gasteiger partial charge in [-0.3, -0.25) is 4.79 Å². The van der Waals surface area contributed by atoms with Gasteiger partial charge in [-0.25, -0.2) is 4.98 Å². The summed E-state index contributed by atoms with van der Waals surface area (Å²) < 4.78 is 5.74. The Bertz CT molecular complexity index is 500. The smallest absolute Gasteiger partial charge is 0.280 e. The van der Waals surface area contributed by atoms with E-state index in [0.717, 1.165) is 25.1 Å². The molecule has 1 saturated carbocycles. The fourth-order valence-corrected chi connectivity index (χ4v) is 4.28. The fraction of sp³-hybridized carbons (Fsp3) is 0.733. The van der Waals surface area contributed by atoms with Gasteiger partial charge in [-0.15, -0.1) is 11.3 Å². The number of nitrogens with zero attached hydrogens (tertiary/aromatic N) is 1. The van der Waals surface area contributed by atoms with Crippen LogP contribution in [0, 0.1) is 11.8 Å². The summed E-state index contributed by atoms with van der Waals surface area (Å²) in [5.74, 6) is 1.33. The van der Waals surface area contributed by atoms with E-state index in [-0.39, 0.29) is 11.9 Å². The minimum absolute atomic E-state index is 0.0179. The Morgan fingerprint density at radius 1 is 1.60 bits per heavy atom. The first-order chi connectivity index (χ1) is 9.61. The van der Waals surface area contributed by atoms with Gasteiger partial charge >= 0.3 is 0 Å². The molecule has 0 radical (unpaired) electrons. The number of aromatic nitrogens is 1. The average molecular weight is 294 g/mol. The van der Waals surface area contributed by atoms with Crippen molar-refractivity contribution in [2.24, 2.45) is 11.8 Å². The van der Waals surface area contributed by atoms with Gasteiger partial charge in [0.2, 0.25) is 0 Å². The van der Waals surface area contributed by atoms with Crippen molar-refractivity contribution in [3.05, 3.63) is 16.1 Å². The summed E-state index contributed by atoms with van der Waals surface area (Å²) in [6.45, 7) is 7.20. The van der Waals surface area contributed by atoms with Crippen LogP contribution >= 0.6 is 11.3 Å². The molecule has 1 amide bonds. The summed E-state index contributed by atoms with van der Waals surface area (Å²) in [5, 5.41) is 5.76. The molecule has 1 saturated heterocycles. The van der Waals surface area contributed by atoms with Gasteiger partial charge in [0.15, 0.2) is 5.01 Å². The monoisotopic (exact) mass is 294 g/mol. The van der Waals surface area contributed by atoms with E-state index in [1.807, 2.05) is 5.38 Å². The highest BCUT2D eigenvalue weighted by Gasteiger charge is 2.53. The van der Waals surface area contributed by atoms with Crippen LogP contribution in [0.15, 0.2) is 5.38 Å². The number of rotatable bonds is 4. The van der Waals surface area contributed by atoms with Crippen LogP contribution in [0.2, 0.25) is 0 Å². The van der Waals surface area contributed by atoms with Crippen LogP contribution in [-0.4, -0.2) is 29.6 Å². The van der Waals surface area contributed by atoms with E-state index in [4.69, 9.17) is 4.74 Å². The molecule has 1 aromatic heterocycles. The van der Waals surface area contributed by atoms with Crippen LogP contribution in [0.3, 0.4) is 0 Å². The van der Waals surface area contributed by atoms with Gasteiger partial charge in [0.1, 0.15) is 0 Å². The molecule has 0 aromatic carbocycles. The third-order valence-electron chi connectivity index (χ3n) is 4.60. The lowest BCUT2D eigenvalue weighted by molar-refractivity contribution is -0.0545. The van der Waals surface area contributed by atoms with Crippen molar-refractivity contribution in [1.29, 1.82) is 0 Å². The molecular weight excluding hydrogens is 272 g/mol. The van der Waals surface area contributed by atoms with E-state index >= 15 is 0 Å². The Kier molecular flexibility index (Phi) is 3.82. The normalized spacial score (nSPS) is 32.0. The zero-order valence-corrected chi connectivity index (χ0v) is 13.1. The summed E-state index contributed by atoms with van der Waals surface area (Å²) in [4.78, 5) is 16.8. The molecule has 1 aromatic rings. The molecule has 4 atom stereocenters. The highest BCUT2D eigenvalue weighted by molar-refractivity contribution is 7.11. The predicted molar refractivity (Wildman–Crippen MR) is 79.1 cm³/mol. The number of fused-ring (bicyclic) bond motifs is 1. The second-order valence-corrected chi connectivity index (χ2v) is 6.95. The molecule has 3 rings (SSSR count). The highest BCUT2D eigenvalue weighted by Crippen LogP contribution is 2.45. The molecule has 2 fully saturated rings. The van der Waals surface area contributed by atoms with Crippen LogP contribution in [0.5, 0.6) is 0 Å². The van der Waals surface area contributed by atoms with Crippen molar-refractivity contribution < 1.29 is 9.53 Å². The molecule has 0 unspecified atom stereocenters. The lowest BCUT2D eigenvalue weighted by Gasteiger charge is -2.47. The van der Waals surface area contributed by atoms with Gasteiger partial charge in [0.05, 0.1) is 11.8 Å². The Morgan fingerprint density at radius 2 is 2.40 bits per heavy atom. The van der Waals surface area contributed by atoms with Crippen LogP contribution < -0.4 is 5.32 Å². The van der Waals surface area contributed by atoms with Crippen LogP contribution in [0.1, 0.15) is 55.0 Å². The third kappa shape index (κ3) is 2.27. The van der Waals surface area contributed by atoms with E-state index in [9.17, 15) is 4.79 Å². The largest absolute Gasteiger partial charge is 0.377 e. The summed E-state index contributed by atoms with van der Waals surface area (Å²) >= 11 is 1.44. The Hall–Kier alpha value is -0.940. The van der Waals surface area contributed by atoms with E-state index in [1.165, 1.54) is 11.3 Å². The molecule has 20 heavy (non-hydrogen) atoms. The van der Waals surface area contributed by atoms with Gasteiger partial charge in [0, 0.05) is 29.9 Å². The number of carbonyl (C=O) groups is 1. The third-order valence-corrected chi connectivity index (χ3v) is 5.46. The SMILES string of the molecule is CC[C@@H]1[C@@H](NC(=O)c2nc(C(C)C)cs2)[C@@H]2CCO[C@H]12. The van der Waals surface area contributed by atoms with Crippen molar-refractivity contribution >= 4 is 17.2 Å². The quantitative estimate of drug-likeness (QED) is 0.929. The van der Waals surface area contributed by atoms with Crippen molar-refractivity contribution in [3.63, 3.8) is 0 Å². The maximum absolute atomic E-state index is 12.3. The van der Waals surface area contributed by atoms with Gasteiger partial charge < -0.3 is 10.1 Å². The lowest BCUT2D eigenvalue weighted by atomic mass is 9.66. The Balaban J connectivity index is 1.66. The molecule has 1 aliphatic carbocycles. The van der Waals surface area contributed by atoms with Crippen molar-refractivity contribution in [1.82, 2.24) is 10.3 Å². The first-order valence-corrected chi connectivity index (χ1v) is 8.37. The minimum Gasteiger partial charge on any atom is -0.377 e. The summed E-state index contributed by atoms with van der Waals surface area (Å²) in [6, 6.07) is 0.270. The molecule has 2 heterocycles. The van der Waals surface area contributed by atoms with Crippen molar-refractivity contribution in [3.8, 4) is 0 Å². The first-order valence-electron chi connectivity index (χ1n) is 7.49. The molecule has 0 spiro atoms. The molecule has 110 valence electrons. The molecule has 0 bridgehead atoms. The van der Waals surface area contributed by atoms with Gasteiger partial charge in [-0.2, -0.15) is 0 Å². The highest BCUT2D eigenvalue weighted by atomic mass is 32.1. The molecule has 1 N–H and O–H groups in total. The predicted octanol–water partition coefficient (Wildman–Crippen LogP) is 2.81. The Labute approximate surface area is 123 Å². The van der Waals surface area contributed by atoms with Crippen molar-refractivity contribution in [2.45, 2.75) is 51.7 Å². The molecule has 4 nitrogen and oxygen atoms in total.